The highest BCUT2D eigenvalue weighted by atomic mass is 32.1. The minimum atomic E-state index is -0.219. The highest BCUT2D eigenvalue weighted by molar-refractivity contribution is 7.38. The monoisotopic (exact) mass is 306 g/mol. The molecule has 0 atom stereocenters. The predicted octanol–water partition coefficient (Wildman–Crippen LogP) is 3.34. The molecule has 0 nitrogen and oxygen atoms in total. The zero-order valence-electron chi connectivity index (χ0n) is 8.65. The molecule has 0 unspecified atom stereocenters. The van der Waals surface area contributed by atoms with E-state index in [4.69, 9.17) is 0 Å². The van der Waals surface area contributed by atoms with Crippen LogP contribution in [0.25, 0.3) is 28.6 Å². The van der Waals surface area contributed by atoms with Crippen LogP contribution in [0.4, 0.5) is 0 Å². The van der Waals surface area contributed by atoms with Crippen molar-refractivity contribution >= 4 is 84.0 Å². The lowest BCUT2D eigenvalue weighted by atomic mass is 10.4. The Hall–Kier alpha value is -0.463. The molecule has 1 aliphatic heterocycles. The highest BCUT2D eigenvalue weighted by Crippen LogP contribution is 2.42. The van der Waals surface area contributed by atoms with Gasteiger partial charge in [-0.1, -0.05) is 0 Å². The third-order valence-electron chi connectivity index (χ3n) is 3.34. The fourth-order valence-corrected chi connectivity index (χ4v) is 11.3. The molecule has 5 heterocycles. The van der Waals surface area contributed by atoms with E-state index in [-0.39, 0.29) is 9.52 Å². The zero-order valence-corrected chi connectivity index (χ0v) is 13.3. The van der Waals surface area contributed by atoms with E-state index >= 15 is 0 Å². The fraction of sp³-hybridized carbons (Fsp3) is 0. The molecule has 0 amide bonds. The molecule has 0 spiro atoms. The lowest BCUT2D eigenvalue weighted by molar-refractivity contribution is 2.26. The molecular formula is C12H6S4Si. The van der Waals surface area contributed by atoms with E-state index in [0.717, 1.165) is 0 Å². The summed E-state index contributed by atoms with van der Waals surface area (Å²) in [4.78, 5) is 3.23. The molecule has 1 aliphatic rings. The fourth-order valence-electron chi connectivity index (χ4n) is 2.61. The van der Waals surface area contributed by atoms with Crippen LogP contribution in [-0.4, -0.2) is 9.52 Å². The van der Waals surface area contributed by atoms with Gasteiger partial charge >= 0.3 is 0 Å². The van der Waals surface area contributed by atoms with E-state index in [1.807, 2.05) is 45.3 Å². The third kappa shape index (κ3) is 1.07. The van der Waals surface area contributed by atoms with Gasteiger partial charge in [0.15, 0.2) is 0 Å². The van der Waals surface area contributed by atoms with Crippen molar-refractivity contribution in [3.05, 3.63) is 22.9 Å². The smallest absolute Gasteiger partial charge is 0.0951 e. The molecule has 0 fully saturated rings. The first-order valence-corrected chi connectivity index (χ1v) is 10.2. The second-order valence-electron chi connectivity index (χ2n) is 4.22. The van der Waals surface area contributed by atoms with Crippen molar-refractivity contribution in [2.45, 2.75) is 0 Å². The summed E-state index contributed by atoms with van der Waals surface area (Å²) in [7, 11) is -0.219. The summed E-state index contributed by atoms with van der Waals surface area (Å²) < 4.78 is 6.19. The Bertz CT molecular complexity index is 800. The Labute approximate surface area is 116 Å². The molecule has 5 heteroatoms. The van der Waals surface area contributed by atoms with E-state index in [0.29, 0.717) is 0 Å². The van der Waals surface area contributed by atoms with Crippen molar-refractivity contribution in [1.82, 2.24) is 0 Å². The largest absolute Gasteiger partial charge is 0.143 e. The first-order chi connectivity index (χ1) is 8.42. The van der Waals surface area contributed by atoms with E-state index < -0.39 is 0 Å². The normalized spacial score (nSPS) is 13.6. The number of hydrogen-bond acceptors (Lipinski definition) is 4. The Morgan fingerprint density at radius 1 is 0.765 bits per heavy atom. The van der Waals surface area contributed by atoms with Gasteiger partial charge < -0.3 is 0 Å². The SMILES string of the molecule is c1cc2sc3c(c2s1)[SiH2]c1c-3sc2ccsc12. The summed E-state index contributed by atoms with van der Waals surface area (Å²) in [6.07, 6.45) is 0. The summed E-state index contributed by atoms with van der Waals surface area (Å²) in [5.41, 5.74) is 0. The van der Waals surface area contributed by atoms with Crippen LogP contribution in [0.2, 0.25) is 0 Å². The molecule has 0 aromatic carbocycles. The lowest BCUT2D eigenvalue weighted by Gasteiger charge is -1.88. The van der Waals surface area contributed by atoms with Gasteiger partial charge in [-0.2, -0.15) is 0 Å². The summed E-state index contributed by atoms with van der Waals surface area (Å²) in [5.74, 6) is 0. The average Bonchev–Trinajstić information content (AvgIpc) is 2.99. The first-order valence-electron chi connectivity index (χ1n) is 5.40. The molecule has 5 rings (SSSR count). The quantitative estimate of drug-likeness (QED) is 0.385. The Balaban J connectivity index is 1.94. The van der Waals surface area contributed by atoms with Crippen LogP contribution >= 0.6 is 45.3 Å². The lowest BCUT2D eigenvalue weighted by Crippen LogP contribution is -2.19. The zero-order chi connectivity index (χ0) is 11.0. The maximum Gasteiger partial charge on any atom is 0.0951 e. The second kappa shape index (κ2) is 3.10. The average molecular weight is 307 g/mol. The van der Waals surface area contributed by atoms with Crippen LogP contribution in [0, 0.1) is 0 Å². The Morgan fingerprint density at radius 2 is 1.29 bits per heavy atom. The van der Waals surface area contributed by atoms with Crippen molar-refractivity contribution in [3.8, 4) is 9.75 Å². The Kier molecular flexibility index (Phi) is 1.73. The van der Waals surface area contributed by atoms with E-state index in [1.165, 1.54) is 9.40 Å². The minimum Gasteiger partial charge on any atom is -0.143 e. The highest BCUT2D eigenvalue weighted by Gasteiger charge is 2.28. The van der Waals surface area contributed by atoms with Crippen molar-refractivity contribution in [3.63, 3.8) is 0 Å². The van der Waals surface area contributed by atoms with Crippen LogP contribution in [-0.2, 0) is 0 Å². The summed E-state index contributed by atoms with van der Waals surface area (Å²) >= 11 is 7.90. The maximum absolute atomic E-state index is 2.28. The molecule has 0 saturated heterocycles. The number of hydrogen-bond donors (Lipinski definition) is 0. The van der Waals surface area contributed by atoms with Crippen molar-refractivity contribution in [2.24, 2.45) is 0 Å². The molecule has 0 saturated carbocycles. The topological polar surface area (TPSA) is 0 Å². The van der Waals surface area contributed by atoms with Crippen LogP contribution in [0.5, 0.6) is 0 Å². The molecule has 0 aliphatic carbocycles. The molecular weight excluding hydrogens is 300 g/mol. The van der Waals surface area contributed by atoms with Gasteiger partial charge in [0, 0.05) is 28.6 Å². The first kappa shape index (κ1) is 9.46. The molecule has 0 radical (unpaired) electrons. The summed E-state index contributed by atoms with van der Waals surface area (Å²) in [6, 6.07) is 4.57. The van der Waals surface area contributed by atoms with Crippen LogP contribution < -0.4 is 10.4 Å². The van der Waals surface area contributed by atoms with Crippen molar-refractivity contribution in [2.75, 3.05) is 0 Å². The molecule has 4 aromatic rings. The second-order valence-corrected chi connectivity index (χ2v) is 9.93. The molecule has 82 valence electrons. The van der Waals surface area contributed by atoms with Gasteiger partial charge in [0.1, 0.15) is 0 Å². The summed E-state index contributed by atoms with van der Waals surface area (Å²) in [6.45, 7) is 0. The van der Waals surface area contributed by atoms with Gasteiger partial charge in [-0.3, -0.25) is 0 Å². The minimum absolute atomic E-state index is 0.219. The van der Waals surface area contributed by atoms with Gasteiger partial charge in [0.05, 0.1) is 9.52 Å². The Morgan fingerprint density at radius 3 is 1.82 bits per heavy atom. The van der Waals surface area contributed by atoms with Crippen molar-refractivity contribution in [1.29, 1.82) is 0 Å². The van der Waals surface area contributed by atoms with Gasteiger partial charge in [-0.15, -0.1) is 45.3 Å². The predicted molar refractivity (Wildman–Crippen MR) is 86.2 cm³/mol. The van der Waals surface area contributed by atoms with Gasteiger partial charge in [-0.05, 0) is 33.3 Å². The van der Waals surface area contributed by atoms with E-state index in [9.17, 15) is 0 Å². The van der Waals surface area contributed by atoms with Crippen molar-refractivity contribution < 1.29 is 0 Å². The summed E-state index contributed by atoms with van der Waals surface area (Å²) in [5, 5.41) is 7.94. The van der Waals surface area contributed by atoms with Gasteiger partial charge in [-0.25, -0.2) is 0 Å². The molecule has 17 heavy (non-hydrogen) atoms. The van der Waals surface area contributed by atoms with Crippen LogP contribution in [0.1, 0.15) is 0 Å². The number of thiophene rings is 4. The van der Waals surface area contributed by atoms with E-state index in [1.54, 1.807) is 29.5 Å². The maximum atomic E-state index is 2.28. The molecule has 0 N–H and O–H groups in total. The van der Waals surface area contributed by atoms with Crippen LogP contribution in [0.15, 0.2) is 22.9 Å². The standard InChI is InChI=1S/C12H6S4Si/c1-3-13-7-5(1)15-9-10-12(17-11(7)9)8-6(16-10)2-4-14-8/h1-4H,17H2. The molecule has 4 aromatic heterocycles. The van der Waals surface area contributed by atoms with Gasteiger partial charge in [0.25, 0.3) is 0 Å². The van der Waals surface area contributed by atoms with Gasteiger partial charge in [0.2, 0.25) is 0 Å². The third-order valence-corrected chi connectivity index (χ3v) is 11.3. The molecule has 0 bridgehead atoms. The van der Waals surface area contributed by atoms with Crippen LogP contribution in [0.3, 0.4) is 0 Å². The number of fused-ring (bicyclic) bond motifs is 7. The van der Waals surface area contributed by atoms with E-state index in [2.05, 4.69) is 22.9 Å². The number of rotatable bonds is 0.